The van der Waals surface area contributed by atoms with Crippen molar-refractivity contribution in [3.63, 3.8) is 0 Å². The lowest BCUT2D eigenvalue weighted by molar-refractivity contribution is -0.163. The standard InChI is InChI=1S/C12H18O8/c1-8(13)19-11(15)4-6-17-10(3)18-7-5-12(16)20-9(2)14/h10H,4-7H2,1-3H3. The van der Waals surface area contributed by atoms with Gasteiger partial charge in [0.15, 0.2) is 6.29 Å². The Morgan fingerprint density at radius 2 is 1.15 bits per heavy atom. The molecule has 0 radical (unpaired) electrons. The molecule has 0 saturated heterocycles. The maximum atomic E-state index is 11.0. The van der Waals surface area contributed by atoms with E-state index in [2.05, 4.69) is 9.47 Å². The molecule has 0 atom stereocenters. The molecule has 0 rings (SSSR count). The highest BCUT2D eigenvalue weighted by atomic mass is 16.7. The number of hydrogen-bond donors (Lipinski definition) is 0. The molecule has 0 aliphatic heterocycles. The highest BCUT2D eigenvalue weighted by molar-refractivity contribution is 5.84. The summed E-state index contributed by atoms with van der Waals surface area (Å²) >= 11 is 0. The lowest BCUT2D eigenvalue weighted by Crippen LogP contribution is -2.19. The zero-order valence-electron chi connectivity index (χ0n) is 11.7. The first-order chi connectivity index (χ1) is 9.31. The molecular weight excluding hydrogens is 272 g/mol. The van der Waals surface area contributed by atoms with Gasteiger partial charge >= 0.3 is 23.9 Å². The van der Waals surface area contributed by atoms with Crippen LogP contribution >= 0.6 is 0 Å². The molecular formula is C12H18O8. The molecule has 8 nitrogen and oxygen atoms in total. The minimum absolute atomic E-state index is 0.0190. The predicted octanol–water partition coefficient (Wildman–Crippen LogP) is 0.325. The third kappa shape index (κ3) is 11.3. The van der Waals surface area contributed by atoms with E-state index in [0.29, 0.717) is 0 Å². The molecule has 0 amide bonds. The highest BCUT2D eigenvalue weighted by Crippen LogP contribution is 1.99. The Morgan fingerprint density at radius 1 is 0.800 bits per heavy atom. The van der Waals surface area contributed by atoms with Gasteiger partial charge in [-0.3, -0.25) is 19.2 Å². The lowest BCUT2D eigenvalue weighted by atomic mass is 10.4. The van der Waals surface area contributed by atoms with Crippen LogP contribution in [0, 0.1) is 0 Å². The molecule has 0 aromatic heterocycles. The van der Waals surface area contributed by atoms with Crippen LogP contribution in [-0.4, -0.2) is 43.4 Å². The quantitative estimate of drug-likeness (QED) is 0.357. The second kappa shape index (κ2) is 10.0. The van der Waals surface area contributed by atoms with Gasteiger partial charge in [0, 0.05) is 13.8 Å². The normalized spacial score (nSPS) is 10.2. The van der Waals surface area contributed by atoms with Crippen LogP contribution in [0.2, 0.25) is 0 Å². The molecule has 0 aromatic carbocycles. The predicted molar refractivity (Wildman–Crippen MR) is 64.1 cm³/mol. The third-order valence-corrected chi connectivity index (χ3v) is 1.83. The Kier molecular flexibility index (Phi) is 9.14. The van der Waals surface area contributed by atoms with Crippen LogP contribution in [0.5, 0.6) is 0 Å². The fraction of sp³-hybridized carbons (Fsp3) is 0.667. The Hall–Kier alpha value is -1.80. The average Bonchev–Trinajstić information content (AvgIpc) is 2.26. The maximum absolute atomic E-state index is 11.0. The van der Waals surface area contributed by atoms with Gasteiger partial charge in [-0.2, -0.15) is 0 Å². The second-order valence-corrected chi connectivity index (χ2v) is 3.74. The van der Waals surface area contributed by atoms with Gasteiger partial charge in [0.05, 0.1) is 26.1 Å². The van der Waals surface area contributed by atoms with Gasteiger partial charge in [-0.15, -0.1) is 0 Å². The molecule has 0 bridgehead atoms. The van der Waals surface area contributed by atoms with E-state index < -0.39 is 30.2 Å². The number of esters is 4. The molecule has 20 heavy (non-hydrogen) atoms. The van der Waals surface area contributed by atoms with Crippen LogP contribution in [0.3, 0.4) is 0 Å². The Balaban J connectivity index is 3.61. The first kappa shape index (κ1) is 18.2. The van der Waals surface area contributed by atoms with Crippen molar-refractivity contribution in [2.24, 2.45) is 0 Å². The topological polar surface area (TPSA) is 105 Å². The minimum atomic E-state index is -0.685. The summed E-state index contributed by atoms with van der Waals surface area (Å²) in [7, 11) is 0. The Bertz CT molecular complexity index is 328. The van der Waals surface area contributed by atoms with Gasteiger partial charge in [0.25, 0.3) is 0 Å². The molecule has 0 aromatic rings. The summed E-state index contributed by atoms with van der Waals surface area (Å²) in [6, 6.07) is 0. The van der Waals surface area contributed by atoms with E-state index in [-0.39, 0.29) is 26.1 Å². The van der Waals surface area contributed by atoms with Crippen LogP contribution < -0.4 is 0 Å². The van der Waals surface area contributed by atoms with Gasteiger partial charge in [-0.1, -0.05) is 0 Å². The highest BCUT2D eigenvalue weighted by Gasteiger charge is 2.10. The molecule has 0 heterocycles. The molecule has 0 N–H and O–H groups in total. The summed E-state index contributed by atoms with van der Waals surface area (Å²) in [5.74, 6) is -2.73. The molecule has 0 fully saturated rings. The van der Waals surface area contributed by atoms with Gasteiger partial charge in [0.1, 0.15) is 0 Å². The van der Waals surface area contributed by atoms with E-state index in [0.717, 1.165) is 13.8 Å². The first-order valence-electron chi connectivity index (χ1n) is 5.97. The SMILES string of the molecule is CC(=O)OC(=O)CCOC(C)OCCC(=O)OC(C)=O. The number of hydrogen-bond acceptors (Lipinski definition) is 8. The lowest BCUT2D eigenvalue weighted by Gasteiger charge is -2.13. The monoisotopic (exact) mass is 290 g/mol. The van der Waals surface area contributed by atoms with E-state index in [9.17, 15) is 19.2 Å². The van der Waals surface area contributed by atoms with Crippen molar-refractivity contribution < 1.29 is 38.1 Å². The van der Waals surface area contributed by atoms with Crippen molar-refractivity contribution in [2.45, 2.75) is 39.9 Å². The van der Waals surface area contributed by atoms with Crippen LogP contribution in [0.4, 0.5) is 0 Å². The molecule has 0 saturated carbocycles. The van der Waals surface area contributed by atoms with Gasteiger partial charge in [0.2, 0.25) is 0 Å². The number of carbonyl (C=O) groups excluding carboxylic acids is 4. The molecule has 0 aliphatic carbocycles. The molecule has 8 heteroatoms. The van der Waals surface area contributed by atoms with E-state index in [1.165, 1.54) is 0 Å². The molecule has 0 unspecified atom stereocenters. The zero-order valence-corrected chi connectivity index (χ0v) is 11.7. The molecule has 0 spiro atoms. The fourth-order valence-electron chi connectivity index (χ4n) is 1.09. The fourth-order valence-corrected chi connectivity index (χ4v) is 1.09. The summed E-state index contributed by atoms with van der Waals surface area (Å²) in [5, 5.41) is 0. The van der Waals surface area contributed by atoms with Crippen molar-refractivity contribution in [3.05, 3.63) is 0 Å². The van der Waals surface area contributed by atoms with Gasteiger partial charge in [-0.05, 0) is 6.92 Å². The van der Waals surface area contributed by atoms with Crippen molar-refractivity contribution >= 4 is 23.9 Å². The summed E-state index contributed by atoms with van der Waals surface area (Å²) in [4.78, 5) is 42.9. The molecule has 114 valence electrons. The summed E-state index contributed by atoms with van der Waals surface area (Å²) in [5.41, 5.74) is 0. The molecule has 0 aliphatic rings. The average molecular weight is 290 g/mol. The van der Waals surface area contributed by atoms with Gasteiger partial charge < -0.3 is 18.9 Å². The van der Waals surface area contributed by atoms with Crippen molar-refractivity contribution in [1.82, 2.24) is 0 Å². The van der Waals surface area contributed by atoms with Crippen LogP contribution in [0.15, 0.2) is 0 Å². The smallest absolute Gasteiger partial charge is 0.315 e. The van der Waals surface area contributed by atoms with E-state index in [4.69, 9.17) is 9.47 Å². The Labute approximate surface area is 116 Å². The first-order valence-corrected chi connectivity index (χ1v) is 5.97. The third-order valence-electron chi connectivity index (χ3n) is 1.83. The number of rotatable bonds is 8. The zero-order chi connectivity index (χ0) is 15.5. The van der Waals surface area contributed by atoms with E-state index >= 15 is 0 Å². The van der Waals surface area contributed by atoms with E-state index in [1.807, 2.05) is 0 Å². The Morgan fingerprint density at radius 3 is 1.45 bits per heavy atom. The largest absolute Gasteiger partial charge is 0.393 e. The minimum Gasteiger partial charge on any atom is -0.393 e. The summed E-state index contributed by atoms with van der Waals surface area (Å²) < 4.78 is 18.8. The van der Waals surface area contributed by atoms with Crippen molar-refractivity contribution in [2.75, 3.05) is 13.2 Å². The van der Waals surface area contributed by atoms with Gasteiger partial charge in [-0.25, -0.2) is 0 Å². The van der Waals surface area contributed by atoms with Crippen molar-refractivity contribution in [1.29, 1.82) is 0 Å². The number of carbonyl (C=O) groups is 4. The maximum Gasteiger partial charge on any atom is 0.315 e. The van der Waals surface area contributed by atoms with Crippen LogP contribution in [0.1, 0.15) is 33.6 Å². The van der Waals surface area contributed by atoms with E-state index in [1.54, 1.807) is 6.92 Å². The number of ether oxygens (including phenoxy) is 4. The van der Waals surface area contributed by atoms with Crippen LogP contribution in [-0.2, 0) is 38.1 Å². The van der Waals surface area contributed by atoms with Crippen LogP contribution in [0.25, 0.3) is 0 Å². The second-order valence-electron chi connectivity index (χ2n) is 3.74. The summed E-state index contributed by atoms with van der Waals surface area (Å²) in [6.45, 7) is 3.87. The summed E-state index contributed by atoms with van der Waals surface area (Å²) in [6.07, 6.45) is -0.815. The van der Waals surface area contributed by atoms with Crippen molar-refractivity contribution in [3.8, 4) is 0 Å².